The SMILES string of the molecule is O=C(c1ccc2ccccc2c1)[C@@H]1CCCN(C(=O)Cn2cncn2)C1. The number of hydrogen-bond acceptors (Lipinski definition) is 4. The number of aromatic nitrogens is 3. The van der Waals surface area contributed by atoms with E-state index in [1.165, 1.54) is 17.3 Å². The van der Waals surface area contributed by atoms with Crippen LogP contribution >= 0.6 is 0 Å². The summed E-state index contributed by atoms with van der Waals surface area (Å²) in [6.45, 7) is 1.32. The molecule has 2 aromatic carbocycles. The minimum atomic E-state index is -0.149. The minimum Gasteiger partial charge on any atom is -0.340 e. The van der Waals surface area contributed by atoms with E-state index in [0.717, 1.165) is 29.2 Å². The average molecular weight is 348 g/mol. The topological polar surface area (TPSA) is 68.1 Å². The summed E-state index contributed by atoms with van der Waals surface area (Å²) in [7, 11) is 0. The lowest BCUT2D eigenvalue weighted by molar-refractivity contribution is -0.133. The van der Waals surface area contributed by atoms with Crippen molar-refractivity contribution in [2.75, 3.05) is 13.1 Å². The summed E-state index contributed by atoms with van der Waals surface area (Å²) >= 11 is 0. The van der Waals surface area contributed by atoms with E-state index in [1.54, 1.807) is 4.90 Å². The van der Waals surface area contributed by atoms with Gasteiger partial charge in [-0.1, -0.05) is 36.4 Å². The van der Waals surface area contributed by atoms with Crippen LogP contribution in [0.3, 0.4) is 0 Å². The number of benzene rings is 2. The van der Waals surface area contributed by atoms with Crippen molar-refractivity contribution in [3.8, 4) is 0 Å². The first kappa shape index (κ1) is 16.4. The van der Waals surface area contributed by atoms with Crippen LogP contribution in [0.2, 0.25) is 0 Å². The summed E-state index contributed by atoms with van der Waals surface area (Å²) in [4.78, 5) is 31.1. The summed E-state index contributed by atoms with van der Waals surface area (Å²) in [5.74, 6) is -0.0508. The predicted molar refractivity (Wildman–Crippen MR) is 97.6 cm³/mol. The van der Waals surface area contributed by atoms with Crippen LogP contribution in [0.25, 0.3) is 10.8 Å². The molecule has 26 heavy (non-hydrogen) atoms. The van der Waals surface area contributed by atoms with Crippen LogP contribution in [0, 0.1) is 5.92 Å². The van der Waals surface area contributed by atoms with Gasteiger partial charge in [-0.25, -0.2) is 9.67 Å². The Kier molecular flexibility index (Phi) is 4.48. The predicted octanol–water partition coefficient (Wildman–Crippen LogP) is 2.55. The maximum absolute atomic E-state index is 13.0. The van der Waals surface area contributed by atoms with Crippen LogP contribution in [0.5, 0.6) is 0 Å². The number of fused-ring (bicyclic) bond motifs is 1. The van der Waals surface area contributed by atoms with Crippen LogP contribution in [-0.2, 0) is 11.3 Å². The first-order chi connectivity index (χ1) is 12.7. The summed E-state index contributed by atoms with van der Waals surface area (Å²) in [6.07, 6.45) is 4.60. The third-order valence-electron chi connectivity index (χ3n) is 4.94. The van der Waals surface area contributed by atoms with Gasteiger partial charge in [-0.05, 0) is 29.7 Å². The third kappa shape index (κ3) is 3.35. The minimum absolute atomic E-state index is 0.0217. The van der Waals surface area contributed by atoms with E-state index in [4.69, 9.17) is 0 Å². The molecule has 132 valence electrons. The Labute approximate surface area is 151 Å². The van der Waals surface area contributed by atoms with Crippen LogP contribution in [-0.4, -0.2) is 44.4 Å². The molecule has 1 amide bonds. The molecule has 0 N–H and O–H groups in total. The van der Waals surface area contributed by atoms with Gasteiger partial charge in [0.25, 0.3) is 0 Å². The number of Topliss-reactive ketones (excluding diaryl/α,β-unsaturated/α-hetero) is 1. The maximum atomic E-state index is 13.0. The van der Waals surface area contributed by atoms with Gasteiger partial charge in [0, 0.05) is 24.6 Å². The van der Waals surface area contributed by atoms with Crippen molar-refractivity contribution in [3.63, 3.8) is 0 Å². The molecule has 0 aliphatic carbocycles. The zero-order chi connectivity index (χ0) is 17.9. The van der Waals surface area contributed by atoms with Crippen molar-refractivity contribution < 1.29 is 9.59 Å². The summed E-state index contributed by atoms with van der Waals surface area (Å²) in [5, 5.41) is 6.16. The molecule has 0 radical (unpaired) electrons. The van der Waals surface area contributed by atoms with Crippen LogP contribution in [0.15, 0.2) is 55.1 Å². The molecule has 1 fully saturated rings. The zero-order valence-electron chi connectivity index (χ0n) is 14.4. The van der Waals surface area contributed by atoms with Gasteiger partial charge in [0.05, 0.1) is 0 Å². The smallest absolute Gasteiger partial charge is 0.244 e. The van der Waals surface area contributed by atoms with Gasteiger partial charge in [-0.2, -0.15) is 5.10 Å². The molecule has 6 nitrogen and oxygen atoms in total. The highest BCUT2D eigenvalue weighted by molar-refractivity contribution is 6.01. The number of hydrogen-bond donors (Lipinski definition) is 0. The lowest BCUT2D eigenvalue weighted by Gasteiger charge is -2.32. The molecule has 0 bridgehead atoms. The Hall–Kier alpha value is -3.02. The number of carbonyl (C=O) groups is 2. The highest BCUT2D eigenvalue weighted by Gasteiger charge is 2.29. The second-order valence-corrected chi connectivity index (χ2v) is 6.70. The molecule has 0 saturated carbocycles. The van der Waals surface area contributed by atoms with Crippen LogP contribution in [0.1, 0.15) is 23.2 Å². The largest absolute Gasteiger partial charge is 0.340 e. The first-order valence-electron chi connectivity index (χ1n) is 8.84. The Morgan fingerprint density at radius 2 is 1.96 bits per heavy atom. The van der Waals surface area contributed by atoms with Gasteiger partial charge >= 0.3 is 0 Å². The van der Waals surface area contributed by atoms with Crippen molar-refractivity contribution >= 4 is 22.5 Å². The average Bonchev–Trinajstić information content (AvgIpc) is 3.20. The van der Waals surface area contributed by atoms with E-state index in [1.807, 2.05) is 42.5 Å². The van der Waals surface area contributed by atoms with E-state index in [-0.39, 0.29) is 24.2 Å². The van der Waals surface area contributed by atoms with Gasteiger partial charge in [0.15, 0.2) is 5.78 Å². The van der Waals surface area contributed by atoms with E-state index in [2.05, 4.69) is 10.1 Å². The number of amides is 1. The van der Waals surface area contributed by atoms with Crippen LogP contribution in [0.4, 0.5) is 0 Å². The molecule has 2 heterocycles. The van der Waals surface area contributed by atoms with Gasteiger partial charge in [0.2, 0.25) is 5.91 Å². The van der Waals surface area contributed by atoms with Gasteiger partial charge in [-0.15, -0.1) is 0 Å². The molecular weight excluding hydrogens is 328 g/mol. The van der Waals surface area contributed by atoms with Gasteiger partial charge in [0.1, 0.15) is 19.2 Å². The molecule has 1 aromatic heterocycles. The van der Waals surface area contributed by atoms with E-state index < -0.39 is 0 Å². The molecule has 0 spiro atoms. The Balaban J connectivity index is 1.47. The van der Waals surface area contributed by atoms with Crippen molar-refractivity contribution in [2.45, 2.75) is 19.4 Å². The molecule has 6 heteroatoms. The number of ketones is 1. The quantitative estimate of drug-likeness (QED) is 0.680. The number of likely N-dealkylation sites (tertiary alicyclic amines) is 1. The molecule has 3 aromatic rings. The Morgan fingerprint density at radius 3 is 2.77 bits per heavy atom. The fraction of sp³-hybridized carbons (Fsp3) is 0.300. The number of nitrogens with zero attached hydrogens (tertiary/aromatic N) is 4. The fourth-order valence-corrected chi connectivity index (χ4v) is 3.55. The molecule has 1 atom stereocenters. The van der Waals surface area contributed by atoms with Crippen LogP contribution < -0.4 is 0 Å². The lowest BCUT2D eigenvalue weighted by atomic mass is 9.89. The fourth-order valence-electron chi connectivity index (χ4n) is 3.55. The highest BCUT2D eigenvalue weighted by atomic mass is 16.2. The van der Waals surface area contributed by atoms with E-state index in [9.17, 15) is 9.59 Å². The van der Waals surface area contributed by atoms with E-state index >= 15 is 0 Å². The monoisotopic (exact) mass is 348 g/mol. The molecule has 1 aliphatic rings. The maximum Gasteiger partial charge on any atom is 0.244 e. The molecule has 1 aliphatic heterocycles. The Bertz CT molecular complexity index is 936. The van der Waals surface area contributed by atoms with Crippen molar-refractivity contribution in [1.29, 1.82) is 0 Å². The normalized spacial score (nSPS) is 17.4. The second kappa shape index (κ2) is 7.07. The number of carbonyl (C=O) groups excluding carboxylic acids is 2. The lowest BCUT2D eigenvalue weighted by Crippen LogP contribution is -2.43. The summed E-state index contributed by atoms with van der Waals surface area (Å²) in [5.41, 5.74) is 0.722. The van der Waals surface area contributed by atoms with Gasteiger partial charge < -0.3 is 4.90 Å². The number of piperidine rings is 1. The summed E-state index contributed by atoms with van der Waals surface area (Å²) < 4.78 is 1.51. The zero-order valence-corrected chi connectivity index (χ0v) is 14.4. The highest BCUT2D eigenvalue weighted by Crippen LogP contribution is 2.23. The number of rotatable bonds is 4. The van der Waals surface area contributed by atoms with Gasteiger partial charge in [-0.3, -0.25) is 9.59 Å². The molecular formula is C20H20N4O2. The first-order valence-corrected chi connectivity index (χ1v) is 8.84. The molecule has 0 unspecified atom stereocenters. The summed E-state index contributed by atoms with van der Waals surface area (Å²) in [6, 6.07) is 13.8. The Morgan fingerprint density at radius 1 is 1.12 bits per heavy atom. The van der Waals surface area contributed by atoms with E-state index in [0.29, 0.717) is 13.1 Å². The third-order valence-corrected chi connectivity index (χ3v) is 4.94. The standard InChI is InChI=1S/C20H20N4O2/c25-19(12-24-14-21-13-22-24)23-9-3-6-18(11-23)20(26)17-8-7-15-4-1-2-5-16(15)10-17/h1-2,4-5,7-8,10,13-14,18H,3,6,9,11-12H2/t18-/m1/s1. The second-order valence-electron chi connectivity index (χ2n) is 6.70. The van der Waals surface area contributed by atoms with Crippen molar-refractivity contribution in [1.82, 2.24) is 19.7 Å². The van der Waals surface area contributed by atoms with Crippen molar-refractivity contribution in [2.24, 2.45) is 5.92 Å². The molecule has 1 saturated heterocycles. The van der Waals surface area contributed by atoms with Crippen molar-refractivity contribution in [3.05, 3.63) is 60.7 Å². The molecule has 4 rings (SSSR count).